The highest BCUT2D eigenvalue weighted by atomic mass is 16.6. The molecule has 1 aromatic rings. The third-order valence-corrected chi connectivity index (χ3v) is 9.72. The van der Waals surface area contributed by atoms with Gasteiger partial charge in [0.1, 0.15) is 30.3 Å². The van der Waals surface area contributed by atoms with Gasteiger partial charge >= 0.3 is 5.97 Å². The first-order valence-corrected chi connectivity index (χ1v) is 18.8. The largest absolute Gasteiger partial charge is 0.462 e. The zero-order chi connectivity index (χ0) is 39.0. The fourth-order valence-corrected chi connectivity index (χ4v) is 6.51. The van der Waals surface area contributed by atoms with E-state index in [0.29, 0.717) is 32.2 Å². The zero-order valence-corrected chi connectivity index (χ0v) is 31.8. The van der Waals surface area contributed by atoms with Crippen molar-refractivity contribution in [3.8, 4) is 0 Å². The van der Waals surface area contributed by atoms with Gasteiger partial charge in [0.05, 0.1) is 12.6 Å². The van der Waals surface area contributed by atoms with Gasteiger partial charge in [-0.15, -0.1) is 0 Å². The Morgan fingerprint density at radius 3 is 2.28 bits per heavy atom. The van der Waals surface area contributed by atoms with Gasteiger partial charge in [0.2, 0.25) is 23.6 Å². The predicted octanol–water partition coefficient (Wildman–Crippen LogP) is 1.22. The summed E-state index contributed by atoms with van der Waals surface area (Å²) in [4.78, 5) is 69.5. The smallest absolute Gasteiger partial charge is 0.328 e. The number of esters is 1. The van der Waals surface area contributed by atoms with Gasteiger partial charge in [0, 0.05) is 26.6 Å². The van der Waals surface area contributed by atoms with Gasteiger partial charge in [-0.3, -0.25) is 19.2 Å². The van der Waals surface area contributed by atoms with Crippen LogP contribution in [0.25, 0.3) is 0 Å². The summed E-state index contributed by atoms with van der Waals surface area (Å²) in [7, 11) is 1.49. The van der Waals surface area contributed by atoms with Crippen LogP contribution in [0.3, 0.4) is 0 Å². The van der Waals surface area contributed by atoms with Crippen LogP contribution >= 0.6 is 0 Å². The summed E-state index contributed by atoms with van der Waals surface area (Å²) in [6.45, 7) is 6.74. The minimum absolute atomic E-state index is 0.00612. The number of methoxy groups -OCH3 is 1. The van der Waals surface area contributed by atoms with Crippen molar-refractivity contribution in [3.05, 3.63) is 59.7 Å². The Labute approximate surface area is 314 Å². The Hall–Kier alpha value is -4.11. The molecule has 0 aromatic heterocycles. The molecule has 0 spiro atoms. The normalized spacial score (nSPS) is 20.6. The van der Waals surface area contributed by atoms with Gasteiger partial charge in [-0.2, -0.15) is 0 Å². The number of nitrogens with two attached hydrogens (primary N) is 3. The predicted molar refractivity (Wildman–Crippen MR) is 203 cm³/mol. The number of allylic oxidation sites excluding steroid dienone is 3. The fourth-order valence-electron chi connectivity index (χ4n) is 6.51. The Bertz CT molecular complexity index is 1440. The minimum Gasteiger partial charge on any atom is -0.462 e. The number of benzene rings is 1. The maximum atomic E-state index is 14.0. The second-order valence-corrected chi connectivity index (χ2v) is 14.7. The zero-order valence-electron chi connectivity index (χ0n) is 31.8. The van der Waals surface area contributed by atoms with Crippen LogP contribution in [-0.2, 0) is 39.9 Å². The number of amides is 4. The van der Waals surface area contributed by atoms with Crippen LogP contribution in [0, 0.1) is 11.8 Å². The van der Waals surface area contributed by atoms with Crippen LogP contribution in [0.2, 0.25) is 0 Å². The van der Waals surface area contributed by atoms with E-state index in [1.165, 1.54) is 12.0 Å². The number of unbranched alkanes of at least 4 members (excludes halogenated alkanes) is 1. The summed E-state index contributed by atoms with van der Waals surface area (Å²) in [5, 5.41) is 8.60. The molecule has 1 aliphatic carbocycles. The van der Waals surface area contributed by atoms with Crippen molar-refractivity contribution in [2.45, 2.75) is 102 Å². The number of ether oxygens (including phenoxy) is 2. The van der Waals surface area contributed by atoms with E-state index in [0.717, 1.165) is 17.6 Å². The highest BCUT2D eigenvalue weighted by Gasteiger charge is 2.45. The number of carbonyl (C=O) groups excluding carboxylic acids is 5. The lowest BCUT2D eigenvalue weighted by molar-refractivity contribution is -0.151. The molecule has 1 aliphatic heterocycles. The molecule has 294 valence electrons. The van der Waals surface area contributed by atoms with Gasteiger partial charge < -0.3 is 47.5 Å². The summed E-state index contributed by atoms with van der Waals surface area (Å²) >= 11 is 0. The van der Waals surface area contributed by atoms with E-state index in [-0.39, 0.29) is 63.3 Å². The van der Waals surface area contributed by atoms with E-state index >= 15 is 0 Å². The molecule has 1 heterocycles. The standard InChI is InChI=1S/C39H61N7O7/c1-26(2)22-32(35(48)43-31(16-10-11-18-40)37(50)46-19-17-39(42,25-46)38(51)53-21-20-52-4)45-36(49)33(23-28-13-6-5-7-14-28)44-34(47)30(41)24-29-15-9-8-12-27(29)3/h5-9,13-15,26-27,30-33H,10-12,16-25,40-42H2,1-4H3,(H,43,48)(H,44,47)(H,45,49)/t27?,30-,31-,32-,33-,39?/m1/s1. The highest BCUT2D eigenvalue weighted by Crippen LogP contribution is 2.24. The van der Waals surface area contributed by atoms with Crippen molar-refractivity contribution in [1.82, 2.24) is 20.9 Å². The molecule has 1 saturated heterocycles. The second-order valence-electron chi connectivity index (χ2n) is 14.7. The molecule has 4 amide bonds. The third kappa shape index (κ3) is 13.7. The van der Waals surface area contributed by atoms with Crippen molar-refractivity contribution in [3.63, 3.8) is 0 Å². The quantitative estimate of drug-likeness (QED) is 0.0782. The molecular weight excluding hydrogens is 678 g/mol. The molecule has 2 unspecified atom stereocenters. The summed E-state index contributed by atoms with van der Waals surface area (Å²) in [5.74, 6) is -2.31. The molecule has 53 heavy (non-hydrogen) atoms. The summed E-state index contributed by atoms with van der Waals surface area (Å²) in [5.41, 5.74) is 19.0. The fraction of sp³-hybridized carbons (Fsp3) is 0.615. The molecule has 14 nitrogen and oxygen atoms in total. The van der Waals surface area contributed by atoms with Crippen LogP contribution in [-0.4, -0.2) is 104 Å². The molecule has 0 radical (unpaired) electrons. The molecule has 2 aliphatic rings. The molecular formula is C39H61N7O7. The molecule has 1 aromatic carbocycles. The number of carbonyl (C=O) groups is 5. The van der Waals surface area contributed by atoms with Crippen LogP contribution < -0.4 is 33.2 Å². The van der Waals surface area contributed by atoms with Crippen molar-refractivity contribution in [2.24, 2.45) is 29.0 Å². The summed E-state index contributed by atoms with van der Waals surface area (Å²) < 4.78 is 10.2. The number of likely N-dealkylation sites (tertiary alicyclic amines) is 1. The molecule has 1 fully saturated rings. The van der Waals surface area contributed by atoms with Gasteiger partial charge in [0.25, 0.3) is 0 Å². The number of nitrogens with zero attached hydrogens (tertiary/aromatic N) is 1. The molecule has 3 rings (SSSR count). The van der Waals surface area contributed by atoms with Crippen molar-refractivity contribution in [1.29, 1.82) is 0 Å². The number of hydrogen-bond acceptors (Lipinski definition) is 10. The Morgan fingerprint density at radius 1 is 0.943 bits per heavy atom. The Morgan fingerprint density at radius 2 is 1.62 bits per heavy atom. The lowest BCUT2D eigenvalue weighted by Gasteiger charge is -2.29. The first kappa shape index (κ1) is 43.3. The van der Waals surface area contributed by atoms with Crippen LogP contribution in [0.1, 0.15) is 71.3 Å². The average Bonchev–Trinajstić information content (AvgIpc) is 3.54. The van der Waals surface area contributed by atoms with E-state index in [2.05, 4.69) is 29.0 Å². The molecule has 14 heteroatoms. The number of hydrogen-bond donors (Lipinski definition) is 6. The lowest BCUT2D eigenvalue weighted by atomic mass is 9.88. The van der Waals surface area contributed by atoms with Crippen LogP contribution in [0.5, 0.6) is 0 Å². The van der Waals surface area contributed by atoms with E-state index in [4.69, 9.17) is 26.7 Å². The molecule has 9 N–H and O–H groups in total. The van der Waals surface area contributed by atoms with Gasteiger partial charge in [0.15, 0.2) is 0 Å². The second kappa shape index (κ2) is 21.6. The molecule has 0 saturated carbocycles. The SMILES string of the molecule is COCCOC(=O)C1(N)CCN(C(=O)[C@@H](CCCCN)NC(=O)[C@@H](CC(C)C)NC(=O)[C@@H](Cc2ccccc2)NC(=O)[C@H](N)CC2=CC=CCC2C)C1. The lowest BCUT2D eigenvalue weighted by Crippen LogP contribution is -2.59. The first-order chi connectivity index (χ1) is 25.3. The summed E-state index contributed by atoms with van der Waals surface area (Å²) in [6.07, 6.45) is 9.37. The minimum atomic E-state index is -1.38. The topological polar surface area (TPSA) is 221 Å². The summed E-state index contributed by atoms with van der Waals surface area (Å²) in [6, 6.07) is 5.41. The van der Waals surface area contributed by atoms with Crippen LogP contribution in [0.15, 0.2) is 54.1 Å². The maximum Gasteiger partial charge on any atom is 0.328 e. The Kier molecular flexibility index (Phi) is 17.6. The van der Waals surface area contributed by atoms with E-state index in [1.54, 1.807) is 0 Å². The van der Waals surface area contributed by atoms with Crippen molar-refractivity contribution in [2.75, 3.05) is 40.0 Å². The van der Waals surface area contributed by atoms with Gasteiger partial charge in [-0.1, -0.05) is 74.9 Å². The van der Waals surface area contributed by atoms with Gasteiger partial charge in [-0.05, 0) is 68.9 Å². The highest BCUT2D eigenvalue weighted by molar-refractivity contribution is 5.95. The van der Waals surface area contributed by atoms with Crippen molar-refractivity contribution >= 4 is 29.6 Å². The van der Waals surface area contributed by atoms with Gasteiger partial charge in [-0.25, -0.2) is 4.79 Å². The molecule has 6 atom stereocenters. The maximum absolute atomic E-state index is 14.0. The van der Waals surface area contributed by atoms with E-state index < -0.39 is 53.4 Å². The molecule has 0 bridgehead atoms. The number of rotatable bonds is 21. The van der Waals surface area contributed by atoms with E-state index in [1.807, 2.05) is 56.3 Å². The van der Waals surface area contributed by atoms with Crippen molar-refractivity contribution < 1.29 is 33.4 Å². The van der Waals surface area contributed by atoms with Crippen LogP contribution in [0.4, 0.5) is 0 Å². The third-order valence-electron chi connectivity index (χ3n) is 9.72. The first-order valence-electron chi connectivity index (χ1n) is 18.8. The average molecular weight is 740 g/mol. The number of nitrogens with one attached hydrogen (secondary N) is 3. The van der Waals surface area contributed by atoms with E-state index in [9.17, 15) is 24.0 Å². The Balaban J connectivity index is 1.77. The monoisotopic (exact) mass is 739 g/mol.